The maximum Gasteiger partial charge on any atom is 0.268 e. The Kier molecular flexibility index (Phi) is 5.48. The molecule has 0 bridgehead atoms. The van der Waals surface area contributed by atoms with Crippen molar-refractivity contribution in [1.82, 2.24) is 5.43 Å². The van der Waals surface area contributed by atoms with E-state index in [9.17, 15) is 4.79 Å². The first-order chi connectivity index (χ1) is 9.92. The van der Waals surface area contributed by atoms with Gasteiger partial charge in [-0.3, -0.25) is 10.2 Å². The Hall–Kier alpha value is -0.830. The second-order valence-electron chi connectivity index (χ2n) is 4.14. The second kappa shape index (κ2) is 6.95. The number of benzene rings is 1. The van der Waals surface area contributed by atoms with E-state index in [0.717, 1.165) is 13.4 Å². The number of hydrogen-bond donors (Lipinski definition) is 2. The molecule has 0 atom stereocenters. The molecule has 1 aromatic heterocycles. The number of ether oxygens (including phenoxy) is 1. The smallest absolute Gasteiger partial charge is 0.268 e. The molecule has 0 radical (unpaired) electrons. The summed E-state index contributed by atoms with van der Waals surface area (Å²) in [6.45, 7) is 1.89. The molecule has 0 aliphatic carbocycles. The van der Waals surface area contributed by atoms with Crippen molar-refractivity contribution in [3.63, 3.8) is 0 Å². The summed E-state index contributed by atoms with van der Waals surface area (Å²) in [6.07, 6.45) is 0. The van der Waals surface area contributed by atoms with Crippen LogP contribution in [0.5, 0.6) is 5.75 Å². The minimum atomic E-state index is -0.395. The maximum absolute atomic E-state index is 11.5. The van der Waals surface area contributed by atoms with Crippen LogP contribution in [0.1, 0.15) is 21.9 Å². The first kappa shape index (κ1) is 16.5. The summed E-state index contributed by atoms with van der Waals surface area (Å²) in [6, 6.07) is 5.36. The highest BCUT2D eigenvalue weighted by Gasteiger charge is 2.15. The molecule has 1 heterocycles. The van der Waals surface area contributed by atoms with Gasteiger partial charge in [-0.2, -0.15) is 0 Å². The quantitative estimate of drug-likeness (QED) is 0.391. The summed E-state index contributed by atoms with van der Waals surface area (Å²) in [7, 11) is 0. The number of nitrogens with one attached hydrogen (secondary N) is 1. The Labute approximate surface area is 146 Å². The zero-order chi connectivity index (χ0) is 15.6. The zero-order valence-corrected chi connectivity index (χ0v) is 15.6. The summed E-state index contributed by atoms with van der Waals surface area (Å²) >= 11 is 10.2. The Morgan fingerprint density at radius 3 is 2.48 bits per heavy atom. The molecule has 21 heavy (non-hydrogen) atoms. The van der Waals surface area contributed by atoms with Gasteiger partial charge in [-0.1, -0.05) is 15.9 Å². The number of amides is 1. The summed E-state index contributed by atoms with van der Waals surface area (Å²) in [5, 5.41) is 0. The van der Waals surface area contributed by atoms with Crippen LogP contribution in [0, 0.1) is 6.92 Å². The van der Waals surface area contributed by atoms with E-state index in [0.29, 0.717) is 22.8 Å². The lowest BCUT2D eigenvalue weighted by molar-refractivity contribution is 0.0952. The number of carbonyl (C=O) groups is 1. The summed E-state index contributed by atoms with van der Waals surface area (Å²) in [4.78, 5) is 11.5. The molecule has 0 aliphatic heterocycles. The third-order valence-corrected chi connectivity index (χ3v) is 4.30. The van der Waals surface area contributed by atoms with Crippen molar-refractivity contribution in [2.24, 2.45) is 5.84 Å². The fourth-order valence-corrected chi connectivity index (χ4v) is 4.22. The molecular formula is C13H11Br3N2O3. The highest BCUT2D eigenvalue weighted by molar-refractivity contribution is 9.11. The standard InChI is InChI=1S/C13H11Br3N2O3/c1-6-9(13(19)18-17)4-8(21-6)5-20-12-10(15)2-7(14)3-11(12)16/h2-4H,5,17H2,1H3,(H,18,19). The molecule has 1 aromatic carbocycles. The number of nitrogens with two attached hydrogens (primary N) is 1. The van der Waals surface area contributed by atoms with Crippen LogP contribution in [0.2, 0.25) is 0 Å². The van der Waals surface area contributed by atoms with Crippen molar-refractivity contribution in [1.29, 1.82) is 0 Å². The number of halogens is 3. The van der Waals surface area contributed by atoms with E-state index >= 15 is 0 Å². The van der Waals surface area contributed by atoms with Gasteiger partial charge in [0.15, 0.2) is 0 Å². The Bertz CT molecular complexity index is 662. The third-order valence-electron chi connectivity index (χ3n) is 2.67. The molecule has 0 saturated heterocycles. The van der Waals surface area contributed by atoms with Gasteiger partial charge in [-0.25, -0.2) is 5.84 Å². The van der Waals surface area contributed by atoms with E-state index in [1.165, 1.54) is 0 Å². The van der Waals surface area contributed by atoms with Gasteiger partial charge in [0.2, 0.25) is 0 Å². The van der Waals surface area contributed by atoms with Gasteiger partial charge >= 0.3 is 0 Å². The zero-order valence-electron chi connectivity index (χ0n) is 10.9. The van der Waals surface area contributed by atoms with E-state index in [1.54, 1.807) is 13.0 Å². The number of carbonyl (C=O) groups excluding carboxylic acids is 1. The molecule has 0 fully saturated rings. The molecule has 1 amide bonds. The van der Waals surface area contributed by atoms with Crippen molar-refractivity contribution in [2.75, 3.05) is 0 Å². The monoisotopic (exact) mass is 480 g/mol. The lowest BCUT2D eigenvalue weighted by Gasteiger charge is -2.09. The van der Waals surface area contributed by atoms with Gasteiger partial charge in [0.05, 0.1) is 14.5 Å². The molecule has 0 unspecified atom stereocenters. The van der Waals surface area contributed by atoms with Gasteiger partial charge in [-0.15, -0.1) is 0 Å². The molecule has 3 N–H and O–H groups in total. The number of aryl methyl sites for hydroxylation is 1. The molecule has 0 saturated carbocycles. The fourth-order valence-electron chi connectivity index (χ4n) is 1.73. The van der Waals surface area contributed by atoms with Crippen LogP contribution in [0.3, 0.4) is 0 Å². The van der Waals surface area contributed by atoms with Crippen molar-refractivity contribution < 1.29 is 13.9 Å². The molecule has 0 aliphatic rings. The number of hydrogen-bond acceptors (Lipinski definition) is 4. The van der Waals surface area contributed by atoms with Gasteiger partial charge in [-0.05, 0) is 57.0 Å². The number of rotatable bonds is 4. The van der Waals surface area contributed by atoms with Crippen molar-refractivity contribution >= 4 is 53.7 Å². The molecule has 0 spiro atoms. The Morgan fingerprint density at radius 1 is 1.29 bits per heavy atom. The molecule has 5 nitrogen and oxygen atoms in total. The van der Waals surface area contributed by atoms with Crippen LogP contribution in [0.4, 0.5) is 0 Å². The summed E-state index contributed by atoms with van der Waals surface area (Å²) < 4.78 is 13.7. The SMILES string of the molecule is Cc1oc(COc2c(Br)cc(Br)cc2Br)cc1C(=O)NN. The average Bonchev–Trinajstić information content (AvgIpc) is 2.78. The minimum Gasteiger partial charge on any atom is -0.483 e. The van der Waals surface area contributed by atoms with Crippen LogP contribution in [-0.4, -0.2) is 5.91 Å². The van der Waals surface area contributed by atoms with Gasteiger partial charge in [0.1, 0.15) is 23.9 Å². The van der Waals surface area contributed by atoms with Gasteiger partial charge in [0.25, 0.3) is 5.91 Å². The van der Waals surface area contributed by atoms with Crippen LogP contribution >= 0.6 is 47.8 Å². The average molecular weight is 483 g/mol. The van der Waals surface area contributed by atoms with E-state index in [1.807, 2.05) is 12.1 Å². The maximum atomic E-state index is 11.5. The minimum absolute atomic E-state index is 0.192. The Balaban J connectivity index is 2.16. The molecule has 2 rings (SSSR count). The van der Waals surface area contributed by atoms with Gasteiger partial charge in [0, 0.05) is 4.47 Å². The number of furan rings is 1. The predicted molar refractivity (Wildman–Crippen MR) is 89.0 cm³/mol. The lowest BCUT2D eigenvalue weighted by atomic mass is 10.2. The van der Waals surface area contributed by atoms with Crippen molar-refractivity contribution in [3.05, 3.63) is 48.7 Å². The normalized spacial score (nSPS) is 10.5. The van der Waals surface area contributed by atoms with Crippen LogP contribution < -0.4 is 16.0 Å². The van der Waals surface area contributed by atoms with Gasteiger partial charge < -0.3 is 9.15 Å². The summed E-state index contributed by atoms with van der Waals surface area (Å²) in [5.41, 5.74) is 2.47. The first-order valence-corrected chi connectivity index (χ1v) is 8.18. The highest BCUT2D eigenvalue weighted by Crippen LogP contribution is 2.37. The number of nitrogen functional groups attached to an aromatic ring is 1. The molecule has 2 aromatic rings. The molecular weight excluding hydrogens is 472 g/mol. The highest BCUT2D eigenvalue weighted by atomic mass is 79.9. The van der Waals surface area contributed by atoms with Crippen LogP contribution in [0.15, 0.2) is 36.0 Å². The van der Waals surface area contributed by atoms with Crippen molar-refractivity contribution in [2.45, 2.75) is 13.5 Å². The fraction of sp³-hybridized carbons (Fsp3) is 0.154. The van der Waals surface area contributed by atoms with E-state index in [4.69, 9.17) is 15.0 Å². The molecule has 112 valence electrons. The third kappa shape index (κ3) is 3.88. The predicted octanol–water partition coefficient (Wildman–Crippen LogP) is 4.06. The largest absolute Gasteiger partial charge is 0.483 e. The van der Waals surface area contributed by atoms with E-state index < -0.39 is 5.91 Å². The first-order valence-electron chi connectivity index (χ1n) is 5.80. The van der Waals surface area contributed by atoms with E-state index in [-0.39, 0.29) is 6.61 Å². The summed E-state index contributed by atoms with van der Waals surface area (Å²) in [5.74, 6) is 6.39. The molecule has 8 heteroatoms. The van der Waals surface area contributed by atoms with Crippen molar-refractivity contribution in [3.8, 4) is 5.75 Å². The lowest BCUT2D eigenvalue weighted by Crippen LogP contribution is -2.30. The van der Waals surface area contributed by atoms with Crippen LogP contribution in [0.25, 0.3) is 0 Å². The number of hydrazine groups is 1. The van der Waals surface area contributed by atoms with Crippen LogP contribution in [-0.2, 0) is 6.61 Å². The second-order valence-corrected chi connectivity index (χ2v) is 6.77. The Morgan fingerprint density at radius 2 is 1.90 bits per heavy atom. The van der Waals surface area contributed by atoms with E-state index in [2.05, 4.69) is 53.2 Å². The topological polar surface area (TPSA) is 77.5 Å².